The van der Waals surface area contributed by atoms with Gasteiger partial charge < -0.3 is 20.2 Å². The van der Waals surface area contributed by atoms with Gasteiger partial charge in [-0.15, -0.1) is 0 Å². The topological polar surface area (TPSA) is 94.5 Å². The van der Waals surface area contributed by atoms with Crippen molar-refractivity contribution in [3.63, 3.8) is 0 Å². The summed E-state index contributed by atoms with van der Waals surface area (Å²) < 4.78 is 13.7. The number of halogens is 2. The lowest BCUT2D eigenvalue weighted by atomic mass is 9.84. The van der Waals surface area contributed by atoms with Crippen LogP contribution >= 0.6 is 11.6 Å². The van der Waals surface area contributed by atoms with E-state index in [0.29, 0.717) is 25.5 Å². The molecule has 150 valence electrons. The molecular formula is C18H22ClFN6O2. The molecule has 10 heteroatoms. The molecule has 0 spiro atoms. The Bertz CT molecular complexity index is 858. The number of piperazine rings is 1. The molecule has 0 aromatic carbocycles. The fraction of sp³-hybridized carbons (Fsp3) is 0.444. The van der Waals surface area contributed by atoms with E-state index in [1.165, 1.54) is 4.90 Å². The highest BCUT2D eigenvalue weighted by atomic mass is 35.5. The predicted octanol–water partition coefficient (Wildman–Crippen LogP) is 3.62. The summed E-state index contributed by atoms with van der Waals surface area (Å²) >= 11 is 5.69. The quantitative estimate of drug-likeness (QED) is 0.749. The van der Waals surface area contributed by atoms with Crippen molar-refractivity contribution in [2.45, 2.75) is 26.8 Å². The standard InChI is InChI=1S/C18H22ClFN6O2/c1-18(2,3)13-10-25(6-7-26(13)17(27)28)11-4-5-14(21-8-11)23-15-12(20)9-22-16(19)24-15/h4-5,8-9,13H,6-7,10H2,1-3H3,(H,27,28)(H,21,22,23,24). The van der Waals surface area contributed by atoms with E-state index in [1.54, 1.807) is 12.3 Å². The number of hydrogen-bond donors (Lipinski definition) is 2. The van der Waals surface area contributed by atoms with Gasteiger partial charge in [-0.2, -0.15) is 4.98 Å². The number of nitrogens with zero attached hydrogens (tertiary/aromatic N) is 5. The molecule has 0 radical (unpaired) electrons. The molecule has 2 aromatic heterocycles. The van der Waals surface area contributed by atoms with Gasteiger partial charge >= 0.3 is 6.09 Å². The van der Waals surface area contributed by atoms with E-state index in [4.69, 9.17) is 11.6 Å². The molecule has 0 aliphatic carbocycles. The van der Waals surface area contributed by atoms with Crippen molar-refractivity contribution < 1.29 is 14.3 Å². The van der Waals surface area contributed by atoms with E-state index < -0.39 is 11.9 Å². The maximum absolute atomic E-state index is 13.7. The SMILES string of the molecule is CC(C)(C)C1CN(c2ccc(Nc3nc(Cl)ncc3F)nc2)CCN1C(=O)O. The molecule has 1 aliphatic heterocycles. The lowest BCUT2D eigenvalue weighted by Crippen LogP contribution is -2.59. The molecule has 1 amide bonds. The molecule has 0 bridgehead atoms. The molecule has 2 N–H and O–H groups in total. The first-order valence-corrected chi connectivity index (χ1v) is 9.18. The van der Waals surface area contributed by atoms with E-state index >= 15 is 0 Å². The number of pyridine rings is 1. The van der Waals surface area contributed by atoms with Crippen LogP contribution in [0.4, 0.5) is 26.5 Å². The number of nitrogens with one attached hydrogen (secondary N) is 1. The van der Waals surface area contributed by atoms with Gasteiger partial charge in [-0.3, -0.25) is 0 Å². The fourth-order valence-electron chi connectivity index (χ4n) is 3.19. The van der Waals surface area contributed by atoms with Gasteiger partial charge in [0.2, 0.25) is 5.28 Å². The van der Waals surface area contributed by atoms with Crippen molar-refractivity contribution in [1.82, 2.24) is 19.9 Å². The molecule has 0 saturated carbocycles. The number of anilines is 3. The number of aromatic nitrogens is 3. The Balaban J connectivity index is 1.74. The molecule has 1 aliphatic rings. The predicted molar refractivity (Wildman–Crippen MR) is 105 cm³/mol. The Morgan fingerprint density at radius 3 is 2.64 bits per heavy atom. The second-order valence-corrected chi connectivity index (χ2v) is 8.00. The van der Waals surface area contributed by atoms with Crippen molar-refractivity contribution in [3.05, 3.63) is 35.6 Å². The molecule has 3 heterocycles. The second kappa shape index (κ2) is 7.75. The minimum atomic E-state index is -0.900. The Morgan fingerprint density at radius 2 is 2.04 bits per heavy atom. The van der Waals surface area contributed by atoms with Crippen LogP contribution in [0.5, 0.6) is 0 Å². The average molecular weight is 409 g/mol. The van der Waals surface area contributed by atoms with Gasteiger partial charge in [0, 0.05) is 19.6 Å². The Labute approximate surface area is 167 Å². The third-order valence-corrected chi connectivity index (χ3v) is 4.88. The summed E-state index contributed by atoms with van der Waals surface area (Å²) in [6.45, 7) is 7.66. The van der Waals surface area contributed by atoms with E-state index in [-0.39, 0.29) is 22.6 Å². The van der Waals surface area contributed by atoms with Crippen molar-refractivity contribution >= 4 is 35.0 Å². The number of carbonyl (C=O) groups is 1. The van der Waals surface area contributed by atoms with Crippen LogP contribution in [0.2, 0.25) is 5.28 Å². The van der Waals surface area contributed by atoms with Gasteiger partial charge in [0.25, 0.3) is 0 Å². The molecule has 1 saturated heterocycles. The van der Waals surface area contributed by atoms with E-state index in [0.717, 1.165) is 11.9 Å². The number of hydrogen-bond acceptors (Lipinski definition) is 6. The van der Waals surface area contributed by atoms with Crippen LogP contribution in [0, 0.1) is 11.2 Å². The zero-order valence-corrected chi connectivity index (χ0v) is 16.6. The van der Waals surface area contributed by atoms with Crippen molar-refractivity contribution in [2.75, 3.05) is 29.9 Å². The van der Waals surface area contributed by atoms with Crippen molar-refractivity contribution in [3.8, 4) is 0 Å². The number of carboxylic acid groups (broad SMARTS) is 1. The lowest BCUT2D eigenvalue weighted by molar-refractivity contribution is 0.0748. The second-order valence-electron chi connectivity index (χ2n) is 7.67. The van der Waals surface area contributed by atoms with Gasteiger partial charge in [0.1, 0.15) is 5.82 Å². The highest BCUT2D eigenvalue weighted by Gasteiger charge is 2.38. The summed E-state index contributed by atoms with van der Waals surface area (Å²) in [5.41, 5.74) is 0.668. The first-order valence-electron chi connectivity index (χ1n) is 8.81. The monoisotopic (exact) mass is 408 g/mol. The fourth-order valence-corrected chi connectivity index (χ4v) is 3.32. The summed E-state index contributed by atoms with van der Waals surface area (Å²) in [6.07, 6.45) is 1.75. The van der Waals surface area contributed by atoms with Crippen molar-refractivity contribution in [2.24, 2.45) is 5.41 Å². The van der Waals surface area contributed by atoms with Gasteiger partial charge in [0.15, 0.2) is 11.6 Å². The van der Waals surface area contributed by atoms with E-state index in [9.17, 15) is 14.3 Å². The average Bonchev–Trinajstić information content (AvgIpc) is 2.64. The van der Waals surface area contributed by atoms with Crippen LogP contribution in [-0.2, 0) is 0 Å². The zero-order chi connectivity index (χ0) is 20.5. The highest BCUT2D eigenvalue weighted by molar-refractivity contribution is 6.28. The molecule has 2 aromatic rings. The smallest absolute Gasteiger partial charge is 0.407 e. The Hall–Kier alpha value is -2.68. The first-order chi connectivity index (χ1) is 13.1. The number of rotatable bonds is 3. The maximum atomic E-state index is 13.7. The van der Waals surface area contributed by atoms with Crippen LogP contribution in [-0.4, -0.2) is 56.7 Å². The maximum Gasteiger partial charge on any atom is 0.407 e. The molecule has 1 fully saturated rings. The van der Waals surface area contributed by atoms with E-state index in [2.05, 4.69) is 25.2 Å². The van der Waals surface area contributed by atoms with Crippen molar-refractivity contribution in [1.29, 1.82) is 0 Å². The molecule has 8 nitrogen and oxygen atoms in total. The number of amides is 1. The summed E-state index contributed by atoms with van der Waals surface area (Å²) in [5.74, 6) is -0.273. The lowest BCUT2D eigenvalue weighted by Gasteiger charge is -2.46. The summed E-state index contributed by atoms with van der Waals surface area (Å²) in [7, 11) is 0. The summed E-state index contributed by atoms with van der Waals surface area (Å²) in [4.78, 5) is 26.8. The molecule has 1 atom stereocenters. The minimum Gasteiger partial charge on any atom is -0.465 e. The third kappa shape index (κ3) is 4.41. The summed E-state index contributed by atoms with van der Waals surface area (Å²) in [5, 5.41) is 12.2. The van der Waals surface area contributed by atoms with Gasteiger partial charge in [0.05, 0.1) is 24.1 Å². The minimum absolute atomic E-state index is 0.0527. The van der Waals surface area contributed by atoms with Gasteiger partial charge in [-0.05, 0) is 29.1 Å². The van der Waals surface area contributed by atoms with Crippen LogP contribution in [0.25, 0.3) is 0 Å². The zero-order valence-electron chi connectivity index (χ0n) is 15.9. The largest absolute Gasteiger partial charge is 0.465 e. The van der Waals surface area contributed by atoms with Crippen LogP contribution in [0.1, 0.15) is 20.8 Å². The third-order valence-electron chi connectivity index (χ3n) is 4.70. The first kappa shape index (κ1) is 20.1. The molecule has 28 heavy (non-hydrogen) atoms. The molecule has 3 rings (SSSR count). The normalized spacial score (nSPS) is 17.5. The molecule has 1 unspecified atom stereocenters. The van der Waals surface area contributed by atoms with E-state index in [1.807, 2.05) is 26.8 Å². The van der Waals surface area contributed by atoms with Gasteiger partial charge in [-0.1, -0.05) is 20.8 Å². The Kier molecular flexibility index (Phi) is 5.55. The van der Waals surface area contributed by atoms with Crippen LogP contribution < -0.4 is 10.2 Å². The van der Waals surface area contributed by atoms with Gasteiger partial charge in [-0.25, -0.2) is 19.2 Å². The van der Waals surface area contributed by atoms with Crippen LogP contribution in [0.3, 0.4) is 0 Å². The molecular weight excluding hydrogens is 387 g/mol. The van der Waals surface area contributed by atoms with Crippen LogP contribution in [0.15, 0.2) is 24.5 Å². The highest BCUT2D eigenvalue weighted by Crippen LogP contribution is 2.30. The summed E-state index contributed by atoms with van der Waals surface area (Å²) in [6, 6.07) is 3.42. The Morgan fingerprint density at radius 1 is 1.29 bits per heavy atom.